The molecular formula is C10H18N2. The van der Waals surface area contributed by atoms with E-state index >= 15 is 0 Å². The third kappa shape index (κ3) is 1.52. The van der Waals surface area contributed by atoms with Crippen molar-refractivity contribution in [2.24, 2.45) is 0 Å². The summed E-state index contributed by atoms with van der Waals surface area (Å²) in [6, 6.07) is 0. The van der Waals surface area contributed by atoms with Gasteiger partial charge >= 0.3 is 0 Å². The van der Waals surface area contributed by atoms with E-state index in [0.717, 1.165) is 12.8 Å². The molecule has 2 nitrogen and oxygen atoms in total. The number of nitrogens with zero attached hydrogens (tertiary/aromatic N) is 1. The number of nitrogens with one attached hydrogen (secondary N) is 1. The lowest BCUT2D eigenvalue weighted by Gasteiger charge is -2.06. The fourth-order valence-corrected chi connectivity index (χ4v) is 1.65. The lowest BCUT2D eigenvalue weighted by molar-refractivity contribution is 0.825. The summed E-state index contributed by atoms with van der Waals surface area (Å²) in [5.41, 5.74) is 3.98. The van der Waals surface area contributed by atoms with Crippen LogP contribution in [0, 0.1) is 0 Å². The van der Waals surface area contributed by atoms with E-state index in [9.17, 15) is 0 Å². The van der Waals surface area contributed by atoms with Crippen LogP contribution < -0.4 is 0 Å². The van der Waals surface area contributed by atoms with Gasteiger partial charge in [-0.1, -0.05) is 27.7 Å². The van der Waals surface area contributed by atoms with Crippen molar-refractivity contribution in [3.05, 3.63) is 17.0 Å². The molecule has 1 heterocycles. The monoisotopic (exact) mass is 166 g/mol. The van der Waals surface area contributed by atoms with Crippen LogP contribution in [0.3, 0.4) is 0 Å². The third-order valence-corrected chi connectivity index (χ3v) is 2.23. The standard InChI is InChI=1S/C10H18N2/c1-5-8-10(7(3)4)9(6-2)12-11-8/h7H,5-6H2,1-4H3,(H,11,12). The van der Waals surface area contributed by atoms with E-state index in [2.05, 4.69) is 37.9 Å². The second kappa shape index (κ2) is 3.74. The Morgan fingerprint density at radius 1 is 1.25 bits per heavy atom. The van der Waals surface area contributed by atoms with Crippen molar-refractivity contribution in [2.45, 2.75) is 46.5 Å². The summed E-state index contributed by atoms with van der Waals surface area (Å²) in [7, 11) is 0. The van der Waals surface area contributed by atoms with Gasteiger partial charge in [0.25, 0.3) is 0 Å². The number of rotatable bonds is 3. The first-order valence-corrected chi connectivity index (χ1v) is 4.76. The molecular weight excluding hydrogens is 148 g/mol. The number of H-pyrrole nitrogens is 1. The molecule has 0 aliphatic carbocycles. The van der Waals surface area contributed by atoms with E-state index in [-0.39, 0.29) is 0 Å². The minimum atomic E-state index is 0.591. The second-order valence-electron chi connectivity index (χ2n) is 3.42. The Hall–Kier alpha value is -0.790. The van der Waals surface area contributed by atoms with Crippen LogP contribution in [0.1, 0.15) is 50.6 Å². The Morgan fingerprint density at radius 2 is 1.92 bits per heavy atom. The zero-order valence-corrected chi connectivity index (χ0v) is 8.44. The Labute approximate surface area is 74.4 Å². The summed E-state index contributed by atoms with van der Waals surface area (Å²) < 4.78 is 0. The summed E-state index contributed by atoms with van der Waals surface area (Å²) in [6.45, 7) is 8.77. The van der Waals surface area contributed by atoms with Gasteiger partial charge in [-0.05, 0) is 24.3 Å². The Morgan fingerprint density at radius 3 is 2.33 bits per heavy atom. The highest BCUT2D eigenvalue weighted by Crippen LogP contribution is 2.22. The summed E-state index contributed by atoms with van der Waals surface area (Å²) in [5, 5.41) is 7.41. The maximum Gasteiger partial charge on any atom is 0.0656 e. The molecule has 68 valence electrons. The fraction of sp³-hybridized carbons (Fsp3) is 0.700. The quantitative estimate of drug-likeness (QED) is 0.734. The van der Waals surface area contributed by atoms with Gasteiger partial charge in [0, 0.05) is 5.69 Å². The van der Waals surface area contributed by atoms with Crippen LogP contribution in [0.5, 0.6) is 0 Å². The molecule has 1 rings (SSSR count). The predicted molar refractivity (Wildman–Crippen MR) is 51.4 cm³/mol. The first-order valence-electron chi connectivity index (χ1n) is 4.76. The lowest BCUT2D eigenvalue weighted by atomic mass is 9.98. The summed E-state index contributed by atoms with van der Waals surface area (Å²) in [6.07, 6.45) is 2.09. The fourth-order valence-electron chi connectivity index (χ4n) is 1.65. The van der Waals surface area contributed by atoms with Crippen LogP contribution in [-0.2, 0) is 12.8 Å². The molecule has 0 aliphatic rings. The molecule has 0 fully saturated rings. The van der Waals surface area contributed by atoms with Gasteiger partial charge in [-0.25, -0.2) is 0 Å². The van der Waals surface area contributed by atoms with Gasteiger partial charge in [0.2, 0.25) is 0 Å². The lowest BCUT2D eigenvalue weighted by Crippen LogP contribution is -1.95. The minimum Gasteiger partial charge on any atom is -0.282 e. The first kappa shape index (κ1) is 9.30. The van der Waals surface area contributed by atoms with Crippen molar-refractivity contribution in [3.8, 4) is 0 Å². The molecule has 0 saturated carbocycles. The van der Waals surface area contributed by atoms with Crippen molar-refractivity contribution < 1.29 is 0 Å². The second-order valence-corrected chi connectivity index (χ2v) is 3.42. The Balaban J connectivity index is 3.07. The number of hydrogen-bond acceptors (Lipinski definition) is 1. The van der Waals surface area contributed by atoms with E-state index in [1.165, 1.54) is 17.0 Å². The van der Waals surface area contributed by atoms with Crippen LogP contribution in [0.2, 0.25) is 0 Å². The average Bonchev–Trinajstić information content (AvgIpc) is 2.46. The van der Waals surface area contributed by atoms with E-state index in [1.807, 2.05) is 0 Å². The van der Waals surface area contributed by atoms with Crippen molar-refractivity contribution in [1.29, 1.82) is 0 Å². The van der Waals surface area contributed by atoms with Gasteiger partial charge < -0.3 is 0 Å². The van der Waals surface area contributed by atoms with Crippen LogP contribution in [0.4, 0.5) is 0 Å². The van der Waals surface area contributed by atoms with E-state index in [1.54, 1.807) is 0 Å². The molecule has 0 bridgehead atoms. The SMILES string of the molecule is CCc1n[nH]c(CC)c1C(C)C. The molecule has 0 unspecified atom stereocenters. The predicted octanol–water partition coefficient (Wildman–Crippen LogP) is 2.66. The van der Waals surface area contributed by atoms with Gasteiger partial charge in [-0.2, -0.15) is 5.10 Å². The maximum absolute atomic E-state index is 4.30. The van der Waals surface area contributed by atoms with Crippen LogP contribution in [-0.4, -0.2) is 10.2 Å². The molecule has 0 amide bonds. The minimum absolute atomic E-state index is 0.591. The molecule has 0 radical (unpaired) electrons. The summed E-state index contributed by atoms with van der Waals surface area (Å²) in [4.78, 5) is 0. The topological polar surface area (TPSA) is 28.7 Å². The highest BCUT2D eigenvalue weighted by atomic mass is 15.1. The number of aryl methyl sites for hydroxylation is 2. The molecule has 1 N–H and O–H groups in total. The zero-order chi connectivity index (χ0) is 9.14. The maximum atomic E-state index is 4.30. The average molecular weight is 166 g/mol. The molecule has 12 heavy (non-hydrogen) atoms. The molecule has 1 aromatic heterocycles. The molecule has 0 atom stereocenters. The third-order valence-electron chi connectivity index (χ3n) is 2.23. The largest absolute Gasteiger partial charge is 0.282 e. The van der Waals surface area contributed by atoms with Gasteiger partial charge in [0.15, 0.2) is 0 Å². The molecule has 1 aromatic rings. The van der Waals surface area contributed by atoms with Gasteiger partial charge in [0.05, 0.1) is 5.69 Å². The van der Waals surface area contributed by atoms with Crippen LogP contribution in [0.15, 0.2) is 0 Å². The number of aromatic nitrogens is 2. The molecule has 2 heteroatoms. The Bertz CT molecular complexity index is 227. The Kier molecular flexibility index (Phi) is 2.90. The normalized spacial score (nSPS) is 11.1. The summed E-state index contributed by atoms with van der Waals surface area (Å²) >= 11 is 0. The van der Waals surface area contributed by atoms with Crippen molar-refractivity contribution in [1.82, 2.24) is 10.2 Å². The van der Waals surface area contributed by atoms with Crippen LogP contribution in [0.25, 0.3) is 0 Å². The van der Waals surface area contributed by atoms with Crippen molar-refractivity contribution in [2.75, 3.05) is 0 Å². The van der Waals surface area contributed by atoms with Gasteiger partial charge in [0.1, 0.15) is 0 Å². The van der Waals surface area contributed by atoms with Gasteiger partial charge in [-0.3, -0.25) is 5.10 Å². The van der Waals surface area contributed by atoms with Crippen molar-refractivity contribution >= 4 is 0 Å². The highest BCUT2D eigenvalue weighted by Gasteiger charge is 2.12. The molecule has 0 spiro atoms. The van der Waals surface area contributed by atoms with Crippen LogP contribution >= 0.6 is 0 Å². The molecule has 0 aromatic carbocycles. The van der Waals surface area contributed by atoms with Crippen molar-refractivity contribution in [3.63, 3.8) is 0 Å². The number of hydrogen-bond donors (Lipinski definition) is 1. The van der Waals surface area contributed by atoms with E-state index < -0.39 is 0 Å². The highest BCUT2D eigenvalue weighted by molar-refractivity contribution is 5.28. The van der Waals surface area contributed by atoms with Gasteiger partial charge in [-0.15, -0.1) is 0 Å². The summed E-state index contributed by atoms with van der Waals surface area (Å²) in [5.74, 6) is 0.591. The van der Waals surface area contributed by atoms with E-state index in [4.69, 9.17) is 0 Å². The molecule has 0 saturated heterocycles. The first-order chi connectivity index (χ1) is 5.70. The zero-order valence-electron chi connectivity index (χ0n) is 8.44. The molecule has 0 aliphatic heterocycles. The van der Waals surface area contributed by atoms with E-state index in [0.29, 0.717) is 5.92 Å². The number of aromatic amines is 1. The smallest absolute Gasteiger partial charge is 0.0656 e.